The Hall–Kier alpha value is -3.64. The largest absolute Gasteiger partial charge is 0.491 e. The van der Waals surface area contributed by atoms with Gasteiger partial charge in [-0.25, -0.2) is 4.98 Å². The minimum atomic E-state index is -0.866. The fraction of sp³-hybridized carbons (Fsp3) is 0.200. The maximum atomic E-state index is 10.8. The Morgan fingerprint density at radius 2 is 1.71 bits per heavy atom. The first-order valence-electron chi connectivity index (χ1n) is 10.2. The van der Waals surface area contributed by atoms with Gasteiger partial charge in [0.25, 0.3) is 0 Å². The number of aliphatic carboxylic acids is 1. The molecule has 0 aliphatic heterocycles. The Kier molecular flexibility index (Phi) is 6.29. The summed E-state index contributed by atoms with van der Waals surface area (Å²) < 4.78 is 13.4. The van der Waals surface area contributed by atoms with Crippen LogP contribution in [0.2, 0.25) is 0 Å². The van der Waals surface area contributed by atoms with Gasteiger partial charge in [0.1, 0.15) is 18.2 Å². The van der Waals surface area contributed by atoms with Gasteiger partial charge in [-0.15, -0.1) is 0 Å². The fourth-order valence-electron chi connectivity index (χ4n) is 3.31. The quantitative estimate of drug-likeness (QED) is 0.397. The molecule has 6 nitrogen and oxygen atoms in total. The first-order valence-corrected chi connectivity index (χ1v) is 10.2. The van der Waals surface area contributed by atoms with Gasteiger partial charge in [-0.1, -0.05) is 48.5 Å². The predicted molar refractivity (Wildman–Crippen MR) is 120 cm³/mol. The van der Waals surface area contributed by atoms with E-state index >= 15 is 0 Å². The molecule has 0 aliphatic rings. The molecule has 1 heterocycles. The van der Waals surface area contributed by atoms with Crippen LogP contribution in [0.4, 0.5) is 0 Å². The van der Waals surface area contributed by atoms with Gasteiger partial charge in [0.15, 0.2) is 0 Å². The second-order valence-corrected chi connectivity index (χ2v) is 7.29. The summed E-state index contributed by atoms with van der Waals surface area (Å²) in [5.41, 5.74) is 3.88. The van der Waals surface area contributed by atoms with E-state index in [1.807, 2.05) is 66.7 Å². The fourth-order valence-corrected chi connectivity index (χ4v) is 3.31. The molecule has 4 aromatic rings. The van der Waals surface area contributed by atoms with E-state index < -0.39 is 11.9 Å². The van der Waals surface area contributed by atoms with E-state index in [0.29, 0.717) is 19.0 Å². The number of carbonyl (C=O) groups is 1. The molecule has 0 saturated carbocycles. The Morgan fingerprint density at radius 1 is 1.00 bits per heavy atom. The molecule has 1 unspecified atom stereocenters. The highest BCUT2D eigenvalue weighted by atomic mass is 16.5. The number of benzene rings is 3. The molecule has 0 saturated heterocycles. The molecular weight excluding hydrogens is 392 g/mol. The van der Waals surface area contributed by atoms with E-state index in [-0.39, 0.29) is 6.61 Å². The maximum absolute atomic E-state index is 10.8. The third-order valence-corrected chi connectivity index (χ3v) is 4.96. The number of fused-ring (bicyclic) bond motifs is 1. The lowest BCUT2D eigenvalue weighted by Gasteiger charge is -2.11. The molecule has 4 rings (SSSR count). The van der Waals surface area contributed by atoms with Crippen LogP contribution in [0.15, 0.2) is 78.9 Å². The zero-order valence-corrected chi connectivity index (χ0v) is 17.3. The molecule has 3 aromatic carbocycles. The van der Waals surface area contributed by atoms with Crippen molar-refractivity contribution in [3.8, 4) is 22.8 Å². The van der Waals surface area contributed by atoms with Crippen molar-refractivity contribution in [2.75, 3.05) is 19.8 Å². The smallest absolute Gasteiger partial charge is 0.308 e. The summed E-state index contributed by atoms with van der Waals surface area (Å²) in [7, 11) is 0. The van der Waals surface area contributed by atoms with E-state index in [0.717, 1.165) is 28.1 Å². The van der Waals surface area contributed by atoms with Crippen LogP contribution in [0.1, 0.15) is 6.92 Å². The Bertz CT molecular complexity index is 1160. The normalized spacial score (nSPS) is 12.0. The van der Waals surface area contributed by atoms with Crippen LogP contribution in [0.5, 0.6) is 5.75 Å². The summed E-state index contributed by atoms with van der Waals surface area (Å²) in [5, 5.41) is 8.90. The number of imidazole rings is 1. The van der Waals surface area contributed by atoms with E-state index in [1.165, 1.54) is 0 Å². The Labute approximate surface area is 180 Å². The summed E-state index contributed by atoms with van der Waals surface area (Å²) in [6, 6.07) is 26.0. The molecule has 1 atom stereocenters. The molecule has 1 N–H and O–H groups in total. The van der Waals surface area contributed by atoms with Crippen molar-refractivity contribution in [1.29, 1.82) is 0 Å². The van der Waals surface area contributed by atoms with Crippen LogP contribution in [-0.2, 0) is 9.53 Å². The van der Waals surface area contributed by atoms with Crippen molar-refractivity contribution >= 4 is 17.0 Å². The molecule has 0 spiro atoms. The van der Waals surface area contributed by atoms with Gasteiger partial charge < -0.3 is 14.6 Å². The number of carboxylic acid groups (broad SMARTS) is 1. The average Bonchev–Trinajstić information content (AvgIpc) is 3.18. The van der Waals surface area contributed by atoms with Crippen LogP contribution in [0, 0.1) is 5.92 Å². The second kappa shape index (κ2) is 9.45. The van der Waals surface area contributed by atoms with E-state index in [1.54, 1.807) is 6.92 Å². The summed E-state index contributed by atoms with van der Waals surface area (Å²) in [5.74, 6) is 0.173. The summed E-state index contributed by atoms with van der Waals surface area (Å²) in [6.07, 6.45) is 0. The minimum absolute atomic E-state index is 0.166. The molecule has 6 heteroatoms. The van der Waals surface area contributed by atoms with E-state index in [9.17, 15) is 4.79 Å². The van der Waals surface area contributed by atoms with Gasteiger partial charge in [0.05, 0.1) is 30.2 Å². The topological polar surface area (TPSA) is 73.6 Å². The zero-order chi connectivity index (χ0) is 21.6. The summed E-state index contributed by atoms with van der Waals surface area (Å²) in [6.45, 7) is 2.44. The van der Waals surface area contributed by atoms with Gasteiger partial charge in [0, 0.05) is 17.3 Å². The second-order valence-electron chi connectivity index (χ2n) is 7.29. The van der Waals surface area contributed by atoms with E-state index in [4.69, 9.17) is 19.6 Å². The Morgan fingerprint density at radius 3 is 2.42 bits per heavy atom. The van der Waals surface area contributed by atoms with Crippen molar-refractivity contribution in [2.24, 2.45) is 5.92 Å². The van der Waals surface area contributed by atoms with Crippen molar-refractivity contribution in [1.82, 2.24) is 9.55 Å². The number of hydrogen-bond acceptors (Lipinski definition) is 4. The van der Waals surface area contributed by atoms with Crippen LogP contribution >= 0.6 is 0 Å². The lowest BCUT2D eigenvalue weighted by molar-refractivity contribution is -0.143. The summed E-state index contributed by atoms with van der Waals surface area (Å²) >= 11 is 0. The van der Waals surface area contributed by atoms with Crippen LogP contribution in [0.25, 0.3) is 28.1 Å². The molecule has 0 fully saturated rings. The number of aromatic nitrogens is 2. The number of nitrogens with zero attached hydrogens (tertiary/aromatic N) is 2. The van der Waals surface area contributed by atoms with Gasteiger partial charge in [0.2, 0.25) is 0 Å². The molecule has 158 valence electrons. The highest BCUT2D eigenvalue weighted by Crippen LogP contribution is 2.30. The maximum Gasteiger partial charge on any atom is 0.308 e. The lowest BCUT2D eigenvalue weighted by atomic mass is 10.2. The van der Waals surface area contributed by atoms with Gasteiger partial charge in [-0.05, 0) is 31.2 Å². The van der Waals surface area contributed by atoms with Crippen molar-refractivity contribution in [3.05, 3.63) is 78.9 Å². The van der Waals surface area contributed by atoms with E-state index in [2.05, 4.69) is 16.7 Å². The zero-order valence-electron chi connectivity index (χ0n) is 17.3. The number of hydrogen-bond donors (Lipinski definition) is 1. The molecular formula is C25H24N2O4. The van der Waals surface area contributed by atoms with Crippen molar-refractivity contribution in [2.45, 2.75) is 6.92 Å². The molecule has 1 aromatic heterocycles. The first kappa shape index (κ1) is 20.6. The summed E-state index contributed by atoms with van der Waals surface area (Å²) in [4.78, 5) is 15.7. The SMILES string of the molecule is CC(COCCOc1ccc2nc(-c3ccccc3)n(-c3ccccc3)c2c1)C(=O)O. The average molecular weight is 416 g/mol. The number of rotatable bonds is 9. The number of ether oxygens (including phenoxy) is 2. The Balaban J connectivity index is 1.59. The molecule has 0 radical (unpaired) electrons. The molecule has 0 bridgehead atoms. The lowest BCUT2D eigenvalue weighted by Crippen LogP contribution is -2.18. The molecule has 31 heavy (non-hydrogen) atoms. The predicted octanol–water partition coefficient (Wildman–Crippen LogP) is 4.81. The molecule has 0 aliphatic carbocycles. The third-order valence-electron chi connectivity index (χ3n) is 4.96. The number of para-hydroxylation sites is 1. The minimum Gasteiger partial charge on any atom is -0.491 e. The highest BCUT2D eigenvalue weighted by molar-refractivity contribution is 5.84. The number of carboxylic acids is 1. The van der Waals surface area contributed by atoms with Crippen molar-refractivity contribution < 1.29 is 19.4 Å². The third kappa shape index (κ3) is 4.75. The first-order chi connectivity index (χ1) is 15.1. The molecule has 0 amide bonds. The van der Waals surface area contributed by atoms with Gasteiger partial charge >= 0.3 is 5.97 Å². The van der Waals surface area contributed by atoms with Crippen LogP contribution in [-0.4, -0.2) is 40.4 Å². The van der Waals surface area contributed by atoms with Crippen molar-refractivity contribution in [3.63, 3.8) is 0 Å². The van der Waals surface area contributed by atoms with Crippen LogP contribution < -0.4 is 4.74 Å². The van der Waals surface area contributed by atoms with Crippen LogP contribution in [0.3, 0.4) is 0 Å². The highest BCUT2D eigenvalue weighted by Gasteiger charge is 2.15. The monoisotopic (exact) mass is 416 g/mol. The van der Waals surface area contributed by atoms with Gasteiger partial charge in [-0.3, -0.25) is 9.36 Å². The standard InChI is InChI=1S/C25H24N2O4/c1-18(25(28)29)17-30-14-15-31-21-12-13-22-23(16-21)27(20-10-6-3-7-11-20)24(26-22)19-8-4-2-5-9-19/h2-13,16,18H,14-15,17H2,1H3,(H,28,29). The van der Waals surface area contributed by atoms with Gasteiger partial charge in [-0.2, -0.15) is 0 Å².